The third-order valence-corrected chi connectivity index (χ3v) is 9.32. The fraction of sp³-hybridized carbons (Fsp3) is 0.634. The maximum atomic E-state index is 12.8. The maximum Gasteiger partial charge on any atom is 0.185 e. The van der Waals surface area contributed by atoms with Crippen LogP contribution < -0.4 is 9.47 Å². The van der Waals surface area contributed by atoms with Crippen molar-refractivity contribution in [3.05, 3.63) is 59.7 Å². The van der Waals surface area contributed by atoms with Crippen LogP contribution in [0.15, 0.2) is 53.4 Å². The molecule has 0 fully saturated rings. The number of rotatable bonds is 29. The van der Waals surface area contributed by atoms with Crippen molar-refractivity contribution in [1.29, 1.82) is 0 Å². The zero-order valence-electron chi connectivity index (χ0n) is 29.1. The van der Waals surface area contributed by atoms with E-state index in [1.165, 1.54) is 120 Å². The lowest BCUT2D eigenvalue weighted by atomic mass is 10.0. The van der Waals surface area contributed by atoms with Crippen LogP contribution in [-0.2, 0) is 0 Å². The summed E-state index contributed by atoms with van der Waals surface area (Å²) in [6, 6.07) is 13.9. The van der Waals surface area contributed by atoms with E-state index in [2.05, 4.69) is 32.9 Å². The van der Waals surface area contributed by atoms with E-state index in [0.717, 1.165) is 35.7 Å². The Hall–Kier alpha value is -2.20. The van der Waals surface area contributed by atoms with E-state index in [1.807, 2.05) is 48.2 Å². The first-order valence-electron chi connectivity index (χ1n) is 18.5. The van der Waals surface area contributed by atoms with Crippen LogP contribution in [0, 0.1) is 0 Å². The molecule has 252 valence electrons. The summed E-state index contributed by atoms with van der Waals surface area (Å²) >= 11 is 1.90. The molecule has 2 aromatic rings. The quantitative estimate of drug-likeness (QED) is 0.0385. The van der Waals surface area contributed by atoms with Crippen LogP contribution in [-0.4, -0.2) is 24.7 Å². The first-order valence-corrected chi connectivity index (χ1v) is 19.5. The molecule has 0 bridgehead atoms. The summed E-state index contributed by atoms with van der Waals surface area (Å²) in [4.78, 5) is 14.0. The highest BCUT2D eigenvalue weighted by molar-refractivity contribution is 7.99. The minimum absolute atomic E-state index is 0.0115. The minimum Gasteiger partial charge on any atom is -0.490 e. The summed E-state index contributed by atoms with van der Waals surface area (Å²) in [7, 11) is 0. The summed E-state index contributed by atoms with van der Waals surface area (Å²) < 4.78 is 11.7. The zero-order valence-corrected chi connectivity index (χ0v) is 29.9. The summed E-state index contributed by atoms with van der Waals surface area (Å²) in [5.74, 6) is 2.65. The van der Waals surface area contributed by atoms with Gasteiger partial charge in [0.25, 0.3) is 0 Å². The molecular weight excluding hydrogens is 573 g/mol. The number of ether oxygens (including phenoxy) is 2. The SMILES string of the molecule is CCCCCCCCCCCCCCCCCCCCSc1ccc(C(=O)/C=C/c2ccc(OCCC)c(OCCC)c2)cc1. The lowest BCUT2D eigenvalue weighted by Gasteiger charge is -2.12. The fourth-order valence-electron chi connectivity index (χ4n) is 5.46. The average Bonchev–Trinajstić information content (AvgIpc) is 3.07. The summed E-state index contributed by atoms with van der Waals surface area (Å²) in [5, 5.41) is 0. The maximum absolute atomic E-state index is 12.8. The van der Waals surface area contributed by atoms with Crippen molar-refractivity contribution in [2.45, 2.75) is 154 Å². The van der Waals surface area contributed by atoms with Crippen molar-refractivity contribution in [3.63, 3.8) is 0 Å². The number of hydrogen-bond donors (Lipinski definition) is 0. The van der Waals surface area contributed by atoms with Crippen LogP contribution in [0.2, 0.25) is 0 Å². The van der Waals surface area contributed by atoms with Crippen molar-refractivity contribution < 1.29 is 14.3 Å². The molecule has 0 radical (unpaired) electrons. The standard InChI is InChI=1S/C41H64O3S/c1-4-7-8-9-10-11-12-13-14-15-16-17-18-19-20-21-22-23-34-45-38-28-26-37(27-29-38)39(42)30-24-36-25-31-40(43-32-5-2)41(35-36)44-33-6-3/h24-31,35H,4-23,32-34H2,1-3H3/b30-24+. The number of carbonyl (C=O) groups excluding carboxylic acids is 1. The molecule has 0 unspecified atom stereocenters. The zero-order chi connectivity index (χ0) is 32.2. The van der Waals surface area contributed by atoms with Gasteiger partial charge in [0.15, 0.2) is 17.3 Å². The lowest BCUT2D eigenvalue weighted by Crippen LogP contribution is -2.01. The number of carbonyl (C=O) groups is 1. The number of hydrogen-bond acceptors (Lipinski definition) is 4. The van der Waals surface area contributed by atoms with Gasteiger partial charge < -0.3 is 9.47 Å². The molecule has 0 aromatic heterocycles. The number of thioether (sulfide) groups is 1. The molecule has 4 heteroatoms. The highest BCUT2D eigenvalue weighted by Crippen LogP contribution is 2.29. The van der Waals surface area contributed by atoms with Gasteiger partial charge in [-0.2, -0.15) is 0 Å². The molecule has 0 saturated carbocycles. The molecule has 3 nitrogen and oxygen atoms in total. The predicted molar refractivity (Wildman–Crippen MR) is 197 cm³/mol. The molecule has 0 aliphatic heterocycles. The van der Waals surface area contributed by atoms with E-state index in [1.54, 1.807) is 6.08 Å². The second-order valence-electron chi connectivity index (χ2n) is 12.5. The Morgan fingerprint density at radius 1 is 0.578 bits per heavy atom. The molecule has 0 amide bonds. The lowest BCUT2D eigenvalue weighted by molar-refractivity contribution is 0.104. The van der Waals surface area contributed by atoms with Gasteiger partial charge in [-0.1, -0.05) is 142 Å². The van der Waals surface area contributed by atoms with Crippen LogP contribution in [0.1, 0.15) is 165 Å². The molecule has 0 heterocycles. The third kappa shape index (κ3) is 19.2. The van der Waals surface area contributed by atoms with Gasteiger partial charge in [0.2, 0.25) is 0 Å². The fourth-order valence-corrected chi connectivity index (χ4v) is 6.37. The van der Waals surface area contributed by atoms with E-state index < -0.39 is 0 Å². The monoisotopic (exact) mass is 636 g/mol. The number of ketones is 1. The van der Waals surface area contributed by atoms with Gasteiger partial charge in [0.05, 0.1) is 13.2 Å². The van der Waals surface area contributed by atoms with Crippen LogP contribution in [0.3, 0.4) is 0 Å². The Morgan fingerprint density at radius 2 is 1.07 bits per heavy atom. The Balaban J connectivity index is 1.52. The van der Waals surface area contributed by atoms with Crippen molar-refractivity contribution in [3.8, 4) is 11.5 Å². The van der Waals surface area contributed by atoms with Gasteiger partial charge in [0.1, 0.15) is 0 Å². The van der Waals surface area contributed by atoms with E-state index in [-0.39, 0.29) is 5.78 Å². The van der Waals surface area contributed by atoms with Crippen molar-refractivity contribution >= 4 is 23.6 Å². The Bertz CT molecular complexity index is 1030. The number of allylic oxidation sites excluding steroid dienone is 1. The first-order chi connectivity index (χ1) is 22.2. The van der Waals surface area contributed by atoms with Gasteiger partial charge in [-0.05, 0) is 73.1 Å². The molecule has 0 N–H and O–H groups in total. The number of benzene rings is 2. The smallest absolute Gasteiger partial charge is 0.185 e. The van der Waals surface area contributed by atoms with E-state index in [0.29, 0.717) is 18.8 Å². The molecule has 0 aliphatic carbocycles. The molecule has 0 aliphatic rings. The molecular formula is C41H64O3S. The van der Waals surface area contributed by atoms with Crippen LogP contribution in [0.4, 0.5) is 0 Å². The molecule has 45 heavy (non-hydrogen) atoms. The van der Waals surface area contributed by atoms with Crippen LogP contribution in [0.5, 0.6) is 11.5 Å². The predicted octanol–water partition coefficient (Wildman–Crippen LogP) is 13.3. The molecule has 2 aromatic carbocycles. The molecule has 0 atom stereocenters. The van der Waals surface area contributed by atoms with Crippen molar-refractivity contribution in [2.24, 2.45) is 0 Å². The molecule has 0 saturated heterocycles. The van der Waals surface area contributed by atoms with Gasteiger partial charge in [-0.25, -0.2) is 0 Å². The van der Waals surface area contributed by atoms with Crippen molar-refractivity contribution in [2.75, 3.05) is 19.0 Å². The Labute approximate surface area is 281 Å². The normalized spacial score (nSPS) is 11.4. The van der Waals surface area contributed by atoms with Gasteiger partial charge >= 0.3 is 0 Å². The second kappa shape index (κ2) is 27.0. The average molecular weight is 637 g/mol. The second-order valence-corrected chi connectivity index (χ2v) is 13.7. The highest BCUT2D eigenvalue weighted by atomic mass is 32.2. The minimum atomic E-state index is 0.0115. The first kappa shape index (κ1) is 39.0. The molecule has 2 rings (SSSR count). The van der Waals surface area contributed by atoms with E-state index in [4.69, 9.17) is 9.47 Å². The molecule has 0 spiro atoms. The topological polar surface area (TPSA) is 35.5 Å². The Morgan fingerprint density at radius 3 is 1.58 bits per heavy atom. The van der Waals surface area contributed by atoms with Crippen LogP contribution in [0.25, 0.3) is 6.08 Å². The summed E-state index contributed by atoms with van der Waals surface area (Å²) in [6.45, 7) is 7.76. The van der Waals surface area contributed by atoms with Gasteiger partial charge in [-0.3, -0.25) is 4.79 Å². The summed E-state index contributed by atoms with van der Waals surface area (Å²) in [6.07, 6.45) is 30.8. The largest absolute Gasteiger partial charge is 0.490 e. The number of unbranched alkanes of at least 4 members (excludes halogenated alkanes) is 17. The Kier molecular flexibility index (Phi) is 23.4. The highest BCUT2D eigenvalue weighted by Gasteiger charge is 2.07. The third-order valence-electron chi connectivity index (χ3n) is 8.22. The van der Waals surface area contributed by atoms with E-state index in [9.17, 15) is 4.79 Å². The summed E-state index contributed by atoms with van der Waals surface area (Å²) in [5.41, 5.74) is 1.64. The van der Waals surface area contributed by atoms with Crippen LogP contribution >= 0.6 is 11.8 Å². The van der Waals surface area contributed by atoms with E-state index >= 15 is 0 Å². The van der Waals surface area contributed by atoms with Gasteiger partial charge in [0, 0.05) is 10.5 Å². The van der Waals surface area contributed by atoms with Gasteiger partial charge in [-0.15, -0.1) is 11.8 Å². The van der Waals surface area contributed by atoms with Crippen molar-refractivity contribution in [1.82, 2.24) is 0 Å².